The van der Waals surface area contributed by atoms with Gasteiger partial charge >= 0.3 is 0 Å². The maximum Gasteiger partial charge on any atom is 0.269 e. The van der Waals surface area contributed by atoms with Gasteiger partial charge in [0.1, 0.15) is 24.9 Å². The van der Waals surface area contributed by atoms with Crippen LogP contribution in [0.2, 0.25) is 0 Å². The van der Waals surface area contributed by atoms with Gasteiger partial charge in [0.2, 0.25) is 0 Å². The van der Waals surface area contributed by atoms with Crippen molar-refractivity contribution >= 4 is 11.4 Å². The van der Waals surface area contributed by atoms with E-state index in [0.29, 0.717) is 5.56 Å². The number of hydrogen-bond acceptors (Lipinski definition) is 8. The molecule has 0 aromatic heterocycles. The minimum absolute atomic E-state index is 0.107. The Balaban J connectivity index is 2.10. The van der Waals surface area contributed by atoms with Gasteiger partial charge in [-0.05, 0) is 17.7 Å². The van der Waals surface area contributed by atoms with E-state index < -0.39 is 41.4 Å². The van der Waals surface area contributed by atoms with Gasteiger partial charge in [-0.1, -0.05) is 5.16 Å². The number of aliphatic hydroxyl groups is 4. The molecule has 120 valence electrons. The van der Waals surface area contributed by atoms with Crippen LogP contribution in [-0.4, -0.2) is 55.5 Å². The molecule has 9 nitrogen and oxygen atoms in total. The first-order valence-electron chi connectivity index (χ1n) is 7.32. The maximum atomic E-state index is 10.5. The Bertz CT molecular complexity index is 638. The molecule has 1 fully saturated rings. The van der Waals surface area contributed by atoms with E-state index in [1.165, 1.54) is 24.3 Å². The van der Waals surface area contributed by atoms with Crippen LogP contribution in [0.3, 0.4) is 0 Å². The monoisotopic (exact) mass is 314 g/mol. The quantitative estimate of drug-likeness (QED) is 0.425. The van der Waals surface area contributed by atoms with Gasteiger partial charge in [0, 0.05) is 21.2 Å². The standard InChI is InChI=1S/C13H16N2O7/c16-10-5-9(11(17)13(19)12(10)18)14-22-6-7-1-3-8(4-2-7)15(20)21/h1-4,10-13,16-19H,5-6H2/b14-9+/t10-,11-,12+,13+/m1/s1/i5D2. The van der Waals surface area contributed by atoms with Crippen molar-refractivity contribution in [2.24, 2.45) is 5.16 Å². The Morgan fingerprint density at radius 3 is 2.50 bits per heavy atom. The third kappa shape index (κ3) is 3.57. The average Bonchev–Trinajstić information content (AvgIpc) is 2.55. The SMILES string of the molecule is [2H]C1([2H])/C(=N\OCc2ccc([N+](=O)[O-])cc2)[C@@H](O)[C@H](O)[C@@H](O)[C@@H]1O. The number of nitrogens with zero attached hydrogens (tertiary/aromatic N) is 2. The highest BCUT2D eigenvalue weighted by atomic mass is 16.6. The van der Waals surface area contributed by atoms with Gasteiger partial charge in [-0.2, -0.15) is 0 Å². The Labute approximate surface area is 128 Å². The number of benzene rings is 1. The molecule has 0 amide bonds. The summed E-state index contributed by atoms with van der Waals surface area (Å²) in [5, 5.41) is 52.5. The molecule has 0 spiro atoms. The van der Waals surface area contributed by atoms with Crippen molar-refractivity contribution < 1.29 is 32.9 Å². The van der Waals surface area contributed by atoms with Crippen molar-refractivity contribution in [3.05, 3.63) is 39.9 Å². The van der Waals surface area contributed by atoms with Crippen LogP contribution in [0.15, 0.2) is 29.4 Å². The minimum atomic E-state index is -2.60. The van der Waals surface area contributed by atoms with Gasteiger partial charge in [0.15, 0.2) is 0 Å². The number of hydrogen-bond donors (Lipinski definition) is 4. The van der Waals surface area contributed by atoms with Gasteiger partial charge in [-0.15, -0.1) is 0 Å². The van der Waals surface area contributed by atoms with Crippen LogP contribution in [0, 0.1) is 10.1 Å². The van der Waals surface area contributed by atoms with E-state index >= 15 is 0 Å². The van der Waals surface area contributed by atoms with E-state index in [9.17, 15) is 30.5 Å². The highest BCUT2D eigenvalue weighted by molar-refractivity contribution is 5.90. The molecule has 9 heteroatoms. The average molecular weight is 314 g/mol. The van der Waals surface area contributed by atoms with Crippen LogP contribution in [0.4, 0.5) is 5.69 Å². The van der Waals surface area contributed by atoms with Crippen molar-refractivity contribution in [3.8, 4) is 0 Å². The van der Waals surface area contributed by atoms with Gasteiger partial charge in [-0.25, -0.2) is 0 Å². The molecule has 1 aromatic rings. The molecule has 0 aliphatic heterocycles. The van der Waals surface area contributed by atoms with Crippen molar-refractivity contribution in [2.75, 3.05) is 0 Å². The van der Waals surface area contributed by atoms with Crippen molar-refractivity contribution in [3.63, 3.8) is 0 Å². The van der Waals surface area contributed by atoms with Gasteiger partial charge in [0.05, 0.1) is 16.7 Å². The Kier molecular flexibility index (Phi) is 4.19. The lowest BCUT2D eigenvalue weighted by molar-refractivity contribution is -0.384. The Hall–Kier alpha value is -2.07. The molecule has 0 heterocycles. The first-order valence-corrected chi connectivity index (χ1v) is 6.32. The summed E-state index contributed by atoms with van der Waals surface area (Å²) in [4.78, 5) is 14.9. The second-order valence-electron chi connectivity index (χ2n) is 4.69. The van der Waals surface area contributed by atoms with Gasteiger partial charge < -0.3 is 25.3 Å². The van der Waals surface area contributed by atoms with E-state index in [1.807, 2.05) is 0 Å². The zero-order valence-corrected chi connectivity index (χ0v) is 11.2. The zero-order chi connectivity index (χ0) is 18.1. The van der Waals surface area contributed by atoms with Crippen LogP contribution in [0.5, 0.6) is 0 Å². The summed E-state index contributed by atoms with van der Waals surface area (Å²) in [5.74, 6) is 0. The van der Waals surface area contributed by atoms with E-state index in [4.69, 9.17) is 7.58 Å². The van der Waals surface area contributed by atoms with E-state index in [-0.39, 0.29) is 12.3 Å². The molecule has 4 N–H and O–H groups in total. The van der Waals surface area contributed by atoms with Crippen LogP contribution < -0.4 is 0 Å². The predicted molar refractivity (Wildman–Crippen MR) is 74.0 cm³/mol. The first kappa shape index (κ1) is 13.6. The maximum absolute atomic E-state index is 10.5. The second-order valence-corrected chi connectivity index (χ2v) is 4.69. The molecule has 2 rings (SSSR count). The van der Waals surface area contributed by atoms with Crippen molar-refractivity contribution in [2.45, 2.75) is 37.4 Å². The van der Waals surface area contributed by atoms with E-state index in [1.54, 1.807) is 0 Å². The molecule has 0 saturated heterocycles. The fraction of sp³-hybridized carbons (Fsp3) is 0.462. The second kappa shape index (κ2) is 6.79. The largest absolute Gasteiger partial charge is 0.391 e. The minimum Gasteiger partial charge on any atom is -0.391 e. The summed E-state index contributed by atoms with van der Waals surface area (Å²) in [5.41, 5.74) is -0.268. The highest BCUT2D eigenvalue weighted by Crippen LogP contribution is 2.19. The molecular weight excluding hydrogens is 296 g/mol. The molecule has 1 aliphatic carbocycles. The lowest BCUT2D eigenvalue weighted by Crippen LogP contribution is -2.54. The molecule has 0 bridgehead atoms. The smallest absolute Gasteiger partial charge is 0.269 e. The number of aliphatic hydroxyl groups excluding tert-OH is 4. The summed E-state index contributed by atoms with van der Waals surface area (Å²) in [7, 11) is 0. The topological polar surface area (TPSA) is 146 Å². The van der Waals surface area contributed by atoms with Crippen LogP contribution >= 0.6 is 0 Å². The summed E-state index contributed by atoms with van der Waals surface area (Å²) in [6.07, 6.45) is -10.1. The lowest BCUT2D eigenvalue weighted by Gasteiger charge is -2.32. The van der Waals surface area contributed by atoms with Crippen LogP contribution in [0.1, 0.15) is 14.7 Å². The Morgan fingerprint density at radius 1 is 1.27 bits per heavy atom. The number of nitro groups is 1. The van der Waals surface area contributed by atoms with Gasteiger partial charge in [0.25, 0.3) is 5.69 Å². The third-order valence-electron chi connectivity index (χ3n) is 3.11. The molecule has 1 saturated carbocycles. The molecule has 0 unspecified atom stereocenters. The zero-order valence-electron chi connectivity index (χ0n) is 13.2. The van der Waals surface area contributed by atoms with Crippen LogP contribution in [0.25, 0.3) is 0 Å². The molecule has 22 heavy (non-hydrogen) atoms. The van der Waals surface area contributed by atoms with Crippen molar-refractivity contribution in [1.82, 2.24) is 0 Å². The summed E-state index contributed by atoms with van der Waals surface area (Å²) >= 11 is 0. The molecule has 1 aliphatic rings. The molecule has 0 radical (unpaired) electrons. The number of oxime groups is 1. The summed E-state index contributed by atoms with van der Waals surface area (Å²) in [6.45, 7) is -0.182. The fourth-order valence-electron chi connectivity index (χ4n) is 1.83. The number of nitro benzene ring substituents is 1. The van der Waals surface area contributed by atoms with E-state index in [0.717, 1.165) is 0 Å². The number of non-ortho nitro benzene ring substituents is 1. The predicted octanol–water partition coefficient (Wildman–Crippen LogP) is -0.685. The summed E-state index contributed by atoms with van der Waals surface area (Å²) < 4.78 is 15.4. The highest BCUT2D eigenvalue weighted by Gasteiger charge is 2.40. The van der Waals surface area contributed by atoms with Crippen LogP contribution in [-0.2, 0) is 11.4 Å². The third-order valence-corrected chi connectivity index (χ3v) is 3.11. The first-order chi connectivity index (χ1) is 11.2. The Morgan fingerprint density at radius 2 is 1.91 bits per heavy atom. The molecular formula is C13H16N2O7. The summed E-state index contributed by atoms with van der Waals surface area (Å²) in [6, 6.07) is 5.34. The fourth-order valence-corrected chi connectivity index (χ4v) is 1.83. The van der Waals surface area contributed by atoms with E-state index in [2.05, 4.69) is 5.16 Å². The number of rotatable bonds is 4. The lowest BCUT2D eigenvalue weighted by atomic mass is 9.88. The molecule has 4 atom stereocenters. The van der Waals surface area contributed by atoms with Gasteiger partial charge in [-0.3, -0.25) is 10.1 Å². The normalized spacial score (nSPS) is 33.9. The van der Waals surface area contributed by atoms with Crippen molar-refractivity contribution in [1.29, 1.82) is 0 Å². The molecule has 1 aromatic carbocycles.